The van der Waals surface area contributed by atoms with Crippen LogP contribution in [0.2, 0.25) is 0 Å². The van der Waals surface area contributed by atoms with Crippen LogP contribution in [0.25, 0.3) is 0 Å². The van der Waals surface area contributed by atoms with Crippen LogP contribution < -0.4 is 5.32 Å². The van der Waals surface area contributed by atoms with Crippen molar-refractivity contribution in [2.45, 2.75) is 13.3 Å². The van der Waals surface area contributed by atoms with E-state index >= 15 is 0 Å². The van der Waals surface area contributed by atoms with E-state index in [1.807, 2.05) is 0 Å². The standard InChI is InChI=1S/C11H20N2O5/c1-8(11(16)17)10(15)13(2)7-9(14)12-5-4-6-18-3/h8H,4-7H2,1-3H3,(H,12,14)(H,16,17). The van der Waals surface area contributed by atoms with Crippen LogP contribution in [0, 0.1) is 5.92 Å². The normalized spacial score (nSPS) is 11.7. The first-order chi connectivity index (χ1) is 8.40. The number of amides is 2. The van der Waals surface area contributed by atoms with E-state index in [1.54, 1.807) is 7.11 Å². The van der Waals surface area contributed by atoms with Crippen molar-refractivity contribution in [1.82, 2.24) is 10.2 Å². The fourth-order valence-electron chi connectivity index (χ4n) is 1.23. The van der Waals surface area contributed by atoms with Gasteiger partial charge in [0.1, 0.15) is 5.92 Å². The summed E-state index contributed by atoms with van der Waals surface area (Å²) >= 11 is 0. The third kappa shape index (κ3) is 6.19. The van der Waals surface area contributed by atoms with Crippen LogP contribution in [-0.4, -0.2) is 61.6 Å². The van der Waals surface area contributed by atoms with Gasteiger partial charge in [-0.25, -0.2) is 0 Å². The number of nitrogens with one attached hydrogen (secondary N) is 1. The quantitative estimate of drug-likeness (QED) is 0.445. The third-order valence-electron chi connectivity index (χ3n) is 2.35. The molecule has 0 bridgehead atoms. The lowest BCUT2D eigenvalue weighted by Gasteiger charge is -2.18. The summed E-state index contributed by atoms with van der Waals surface area (Å²) in [7, 11) is 2.97. The number of carbonyl (C=O) groups excluding carboxylic acids is 2. The highest BCUT2D eigenvalue weighted by Crippen LogP contribution is 2.00. The molecule has 7 nitrogen and oxygen atoms in total. The highest BCUT2D eigenvalue weighted by Gasteiger charge is 2.24. The van der Waals surface area contributed by atoms with Gasteiger partial charge in [-0.05, 0) is 13.3 Å². The summed E-state index contributed by atoms with van der Waals surface area (Å²) < 4.78 is 4.82. The average Bonchev–Trinajstić information content (AvgIpc) is 2.32. The zero-order valence-electron chi connectivity index (χ0n) is 10.9. The van der Waals surface area contributed by atoms with Gasteiger partial charge in [0.2, 0.25) is 11.8 Å². The van der Waals surface area contributed by atoms with E-state index < -0.39 is 17.8 Å². The maximum atomic E-state index is 11.5. The second kappa shape index (κ2) is 8.46. The van der Waals surface area contributed by atoms with Crippen LogP contribution in [0.1, 0.15) is 13.3 Å². The first-order valence-electron chi connectivity index (χ1n) is 5.63. The Hall–Kier alpha value is -1.63. The summed E-state index contributed by atoms with van der Waals surface area (Å²) in [4.78, 5) is 34.7. The molecule has 0 radical (unpaired) electrons. The zero-order valence-corrected chi connectivity index (χ0v) is 10.9. The molecule has 0 rings (SSSR count). The number of likely N-dealkylation sites (N-methyl/N-ethyl adjacent to an activating group) is 1. The molecule has 18 heavy (non-hydrogen) atoms. The number of rotatable bonds is 8. The molecule has 0 aliphatic heterocycles. The van der Waals surface area contributed by atoms with Gasteiger partial charge in [0.15, 0.2) is 0 Å². The van der Waals surface area contributed by atoms with Crippen LogP contribution in [0.3, 0.4) is 0 Å². The Balaban J connectivity index is 3.99. The van der Waals surface area contributed by atoms with Gasteiger partial charge in [0.25, 0.3) is 0 Å². The summed E-state index contributed by atoms with van der Waals surface area (Å²) in [5.41, 5.74) is 0. The highest BCUT2D eigenvalue weighted by atomic mass is 16.5. The fraction of sp³-hybridized carbons (Fsp3) is 0.727. The SMILES string of the molecule is COCCCNC(=O)CN(C)C(=O)C(C)C(=O)O. The Morgan fingerprint density at radius 1 is 1.39 bits per heavy atom. The van der Waals surface area contributed by atoms with Crippen molar-refractivity contribution in [1.29, 1.82) is 0 Å². The molecule has 0 aromatic heterocycles. The van der Waals surface area contributed by atoms with Crippen LogP contribution in [-0.2, 0) is 19.1 Å². The Bertz CT molecular complexity index is 306. The number of hydrogen-bond donors (Lipinski definition) is 2. The number of aliphatic carboxylic acids is 1. The van der Waals surface area contributed by atoms with Gasteiger partial charge in [-0.2, -0.15) is 0 Å². The van der Waals surface area contributed by atoms with E-state index in [-0.39, 0.29) is 12.5 Å². The van der Waals surface area contributed by atoms with Crippen LogP contribution >= 0.6 is 0 Å². The molecule has 0 saturated carbocycles. The second-order valence-corrected chi connectivity index (χ2v) is 3.95. The Morgan fingerprint density at radius 3 is 2.50 bits per heavy atom. The van der Waals surface area contributed by atoms with Crippen molar-refractivity contribution < 1.29 is 24.2 Å². The van der Waals surface area contributed by atoms with Gasteiger partial charge in [0.05, 0.1) is 6.54 Å². The lowest BCUT2D eigenvalue weighted by Crippen LogP contribution is -2.42. The van der Waals surface area contributed by atoms with Crippen molar-refractivity contribution in [2.75, 3.05) is 33.9 Å². The van der Waals surface area contributed by atoms with Crippen LogP contribution in [0.5, 0.6) is 0 Å². The molecule has 0 fully saturated rings. The van der Waals surface area contributed by atoms with Gasteiger partial charge < -0.3 is 20.1 Å². The summed E-state index contributed by atoms with van der Waals surface area (Å²) in [6.45, 7) is 2.15. The monoisotopic (exact) mass is 260 g/mol. The van der Waals surface area contributed by atoms with Crippen molar-refractivity contribution in [3.8, 4) is 0 Å². The molecule has 104 valence electrons. The van der Waals surface area contributed by atoms with Crippen molar-refractivity contribution in [3.63, 3.8) is 0 Å². The molecule has 0 aliphatic rings. The number of carbonyl (C=O) groups is 3. The molecule has 0 aromatic rings. The van der Waals surface area contributed by atoms with Gasteiger partial charge >= 0.3 is 5.97 Å². The average molecular weight is 260 g/mol. The summed E-state index contributed by atoms with van der Waals surface area (Å²) in [6.07, 6.45) is 0.686. The fourth-order valence-corrected chi connectivity index (χ4v) is 1.23. The van der Waals surface area contributed by atoms with Gasteiger partial charge in [-0.3, -0.25) is 14.4 Å². The third-order valence-corrected chi connectivity index (χ3v) is 2.35. The number of methoxy groups -OCH3 is 1. The molecular weight excluding hydrogens is 240 g/mol. The highest BCUT2D eigenvalue weighted by molar-refractivity contribution is 5.97. The molecule has 0 spiro atoms. The van der Waals surface area contributed by atoms with E-state index in [2.05, 4.69) is 5.32 Å². The minimum atomic E-state index is -1.20. The van der Waals surface area contributed by atoms with Crippen LogP contribution in [0.15, 0.2) is 0 Å². The minimum absolute atomic E-state index is 0.149. The van der Waals surface area contributed by atoms with E-state index in [0.29, 0.717) is 19.6 Å². The Morgan fingerprint density at radius 2 is 2.00 bits per heavy atom. The predicted molar refractivity (Wildman–Crippen MR) is 63.9 cm³/mol. The first kappa shape index (κ1) is 16.4. The van der Waals surface area contributed by atoms with E-state index in [0.717, 1.165) is 4.90 Å². The number of ether oxygens (including phenoxy) is 1. The summed E-state index contributed by atoms with van der Waals surface area (Å²) in [6, 6.07) is 0. The molecule has 0 aromatic carbocycles. The smallest absolute Gasteiger partial charge is 0.315 e. The molecule has 1 atom stereocenters. The summed E-state index contributed by atoms with van der Waals surface area (Å²) in [5.74, 6) is -3.25. The largest absolute Gasteiger partial charge is 0.481 e. The maximum Gasteiger partial charge on any atom is 0.315 e. The minimum Gasteiger partial charge on any atom is -0.481 e. The van der Waals surface area contributed by atoms with Gasteiger partial charge in [-0.15, -0.1) is 0 Å². The van der Waals surface area contributed by atoms with Crippen molar-refractivity contribution in [2.24, 2.45) is 5.92 Å². The van der Waals surface area contributed by atoms with Crippen molar-refractivity contribution >= 4 is 17.8 Å². The molecule has 0 heterocycles. The lowest BCUT2D eigenvalue weighted by molar-refractivity contribution is -0.150. The van der Waals surface area contributed by atoms with E-state index in [4.69, 9.17) is 9.84 Å². The van der Waals surface area contributed by atoms with Crippen molar-refractivity contribution in [3.05, 3.63) is 0 Å². The van der Waals surface area contributed by atoms with E-state index in [1.165, 1.54) is 14.0 Å². The molecule has 0 saturated heterocycles. The molecule has 0 aliphatic carbocycles. The lowest BCUT2D eigenvalue weighted by atomic mass is 10.1. The molecule has 1 unspecified atom stereocenters. The molecule has 7 heteroatoms. The van der Waals surface area contributed by atoms with E-state index in [9.17, 15) is 14.4 Å². The maximum absolute atomic E-state index is 11.5. The molecule has 2 amide bonds. The topological polar surface area (TPSA) is 95.9 Å². The zero-order chi connectivity index (χ0) is 14.1. The summed E-state index contributed by atoms with van der Waals surface area (Å²) in [5, 5.41) is 11.3. The Kier molecular flexibility index (Phi) is 7.69. The number of hydrogen-bond acceptors (Lipinski definition) is 4. The van der Waals surface area contributed by atoms with Crippen LogP contribution in [0.4, 0.5) is 0 Å². The number of nitrogens with zero attached hydrogens (tertiary/aromatic N) is 1. The van der Waals surface area contributed by atoms with Gasteiger partial charge in [0, 0.05) is 27.3 Å². The predicted octanol–water partition coefficient (Wildman–Crippen LogP) is -0.682. The molecular formula is C11H20N2O5. The van der Waals surface area contributed by atoms with Gasteiger partial charge in [-0.1, -0.05) is 0 Å². The first-order valence-corrected chi connectivity index (χ1v) is 5.63. The second-order valence-electron chi connectivity index (χ2n) is 3.95. The molecule has 2 N–H and O–H groups in total. The number of carboxylic acid groups (broad SMARTS) is 1. The number of carboxylic acids is 1. The Labute approximate surface area is 106 Å².